The smallest absolute Gasteiger partial charge is 0.207 e. The number of sulfonamides is 1. The molecule has 0 spiro atoms. The molecule has 0 saturated heterocycles. The van der Waals surface area contributed by atoms with E-state index in [9.17, 15) is 8.42 Å². The molecule has 0 N–H and O–H groups in total. The molecule has 0 aliphatic heterocycles. The fourth-order valence-corrected chi connectivity index (χ4v) is 4.57. The van der Waals surface area contributed by atoms with Crippen LogP contribution in [0.1, 0.15) is 25.3 Å². The van der Waals surface area contributed by atoms with E-state index in [1.54, 1.807) is 28.6 Å². The fraction of sp³-hybridized carbons (Fsp3) is 0.333. The standard InChI is InChI=1S/C18H20ClNO2S/c1-14(16-7-8-16)20(13-15-5-3-2-4-6-15)23(21,22)18-11-9-17(19)10-12-18/h2-6,9-12,14,16H,7-8,13H2,1H3/t14-/m0/s1. The van der Waals surface area contributed by atoms with Crippen LogP contribution < -0.4 is 0 Å². The highest BCUT2D eigenvalue weighted by Gasteiger charge is 2.38. The first-order chi connectivity index (χ1) is 11.0. The Labute approximate surface area is 142 Å². The van der Waals surface area contributed by atoms with Crippen molar-refractivity contribution in [3.63, 3.8) is 0 Å². The van der Waals surface area contributed by atoms with Crippen LogP contribution in [0.15, 0.2) is 59.5 Å². The lowest BCUT2D eigenvalue weighted by molar-refractivity contribution is 0.303. The molecule has 122 valence electrons. The van der Waals surface area contributed by atoms with E-state index >= 15 is 0 Å². The summed E-state index contributed by atoms with van der Waals surface area (Å²) in [5.41, 5.74) is 0.998. The van der Waals surface area contributed by atoms with E-state index in [1.165, 1.54) is 0 Å². The normalized spacial score (nSPS) is 16.5. The molecule has 2 aromatic rings. The summed E-state index contributed by atoms with van der Waals surface area (Å²) in [5.74, 6) is 0.459. The monoisotopic (exact) mass is 349 g/mol. The first kappa shape index (κ1) is 16.5. The van der Waals surface area contributed by atoms with Gasteiger partial charge in [0.15, 0.2) is 0 Å². The van der Waals surface area contributed by atoms with E-state index < -0.39 is 10.0 Å². The van der Waals surface area contributed by atoms with Crippen molar-refractivity contribution in [2.75, 3.05) is 0 Å². The summed E-state index contributed by atoms with van der Waals surface area (Å²) in [6, 6.07) is 16.1. The van der Waals surface area contributed by atoms with Gasteiger partial charge in [-0.05, 0) is 55.5 Å². The van der Waals surface area contributed by atoms with E-state index in [4.69, 9.17) is 11.6 Å². The Morgan fingerprint density at radius 1 is 1.09 bits per heavy atom. The molecule has 1 aliphatic carbocycles. The Bertz CT molecular complexity index is 755. The molecule has 5 heteroatoms. The minimum absolute atomic E-state index is 0.00381. The lowest BCUT2D eigenvalue weighted by Gasteiger charge is -2.28. The van der Waals surface area contributed by atoms with Gasteiger partial charge in [0.2, 0.25) is 10.0 Å². The maximum atomic E-state index is 13.1. The quantitative estimate of drug-likeness (QED) is 0.778. The molecule has 3 nitrogen and oxygen atoms in total. The predicted molar refractivity (Wildman–Crippen MR) is 92.8 cm³/mol. The average molecular weight is 350 g/mol. The van der Waals surface area contributed by atoms with Gasteiger partial charge in [-0.15, -0.1) is 0 Å². The molecule has 2 aromatic carbocycles. The second-order valence-electron chi connectivity index (χ2n) is 6.07. The van der Waals surface area contributed by atoms with Gasteiger partial charge >= 0.3 is 0 Å². The van der Waals surface area contributed by atoms with Crippen molar-refractivity contribution < 1.29 is 8.42 Å². The molecule has 1 saturated carbocycles. The zero-order valence-electron chi connectivity index (χ0n) is 13.0. The Balaban J connectivity index is 1.94. The van der Waals surface area contributed by atoms with Gasteiger partial charge in [0.25, 0.3) is 0 Å². The van der Waals surface area contributed by atoms with E-state index in [0.29, 0.717) is 22.4 Å². The lowest BCUT2D eigenvalue weighted by Crippen LogP contribution is -2.39. The Kier molecular flexibility index (Phi) is 4.76. The molecule has 0 amide bonds. The SMILES string of the molecule is C[C@@H](C1CC1)N(Cc1ccccc1)S(=O)(=O)c1ccc(Cl)cc1. The number of rotatable bonds is 6. The van der Waals surface area contributed by atoms with Crippen LogP contribution in [-0.2, 0) is 16.6 Å². The number of hydrogen-bond donors (Lipinski definition) is 0. The molecule has 0 radical (unpaired) electrons. The van der Waals surface area contributed by atoms with E-state index in [1.807, 2.05) is 37.3 Å². The molecule has 1 aliphatic rings. The number of hydrogen-bond acceptors (Lipinski definition) is 2. The van der Waals surface area contributed by atoms with Gasteiger partial charge in [0, 0.05) is 17.6 Å². The van der Waals surface area contributed by atoms with Crippen LogP contribution in [0.5, 0.6) is 0 Å². The topological polar surface area (TPSA) is 37.4 Å². The Morgan fingerprint density at radius 3 is 2.26 bits per heavy atom. The van der Waals surface area contributed by atoms with Gasteiger partial charge in [-0.3, -0.25) is 0 Å². The molecule has 0 aromatic heterocycles. The molecule has 0 bridgehead atoms. The minimum atomic E-state index is -3.55. The van der Waals surface area contributed by atoms with Crippen molar-refractivity contribution in [3.05, 3.63) is 65.2 Å². The van der Waals surface area contributed by atoms with Crippen molar-refractivity contribution >= 4 is 21.6 Å². The third kappa shape index (κ3) is 3.77. The zero-order valence-corrected chi connectivity index (χ0v) is 14.6. The van der Waals surface area contributed by atoms with E-state index in [2.05, 4.69) is 0 Å². The molecular formula is C18H20ClNO2S. The first-order valence-corrected chi connectivity index (χ1v) is 9.61. The van der Waals surface area contributed by atoms with Crippen LogP contribution in [0.4, 0.5) is 0 Å². The summed E-state index contributed by atoms with van der Waals surface area (Å²) in [5, 5.41) is 0.536. The molecule has 1 fully saturated rings. The third-order valence-electron chi connectivity index (χ3n) is 4.36. The summed E-state index contributed by atoms with van der Waals surface area (Å²) in [6.07, 6.45) is 2.20. The van der Waals surface area contributed by atoms with Gasteiger partial charge in [0.05, 0.1) is 4.90 Å². The maximum Gasteiger partial charge on any atom is 0.243 e. The molecule has 0 unspecified atom stereocenters. The molecule has 0 heterocycles. The first-order valence-electron chi connectivity index (χ1n) is 7.80. The number of halogens is 1. The van der Waals surface area contributed by atoms with Gasteiger partial charge in [-0.25, -0.2) is 8.42 Å². The van der Waals surface area contributed by atoms with Crippen molar-refractivity contribution in [1.29, 1.82) is 0 Å². The van der Waals surface area contributed by atoms with Crippen LogP contribution in [0.2, 0.25) is 5.02 Å². The highest BCUT2D eigenvalue weighted by atomic mass is 35.5. The van der Waals surface area contributed by atoms with Gasteiger partial charge in [0.1, 0.15) is 0 Å². The summed E-state index contributed by atoms with van der Waals surface area (Å²) in [7, 11) is -3.55. The van der Waals surface area contributed by atoms with Gasteiger partial charge in [-0.2, -0.15) is 4.31 Å². The summed E-state index contributed by atoms with van der Waals surface area (Å²) >= 11 is 5.89. The van der Waals surface area contributed by atoms with Gasteiger partial charge in [-0.1, -0.05) is 41.9 Å². The second-order valence-corrected chi connectivity index (χ2v) is 8.39. The van der Waals surface area contributed by atoms with E-state index in [-0.39, 0.29) is 6.04 Å². The van der Waals surface area contributed by atoms with Crippen LogP contribution in [0.3, 0.4) is 0 Å². The molecule has 3 rings (SSSR count). The molecular weight excluding hydrogens is 330 g/mol. The average Bonchev–Trinajstić information content (AvgIpc) is 3.38. The maximum absolute atomic E-state index is 13.1. The lowest BCUT2D eigenvalue weighted by atomic mass is 10.2. The van der Waals surface area contributed by atoms with E-state index in [0.717, 1.165) is 18.4 Å². The highest BCUT2D eigenvalue weighted by molar-refractivity contribution is 7.89. The highest BCUT2D eigenvalue weighted by Crippen LogP contribution is 2.37. The van der Waals surface area contributed by atoms with Crippen molar-refractivity contribution in [3.8, 4) is 0 Å². The van der Waals surface area contributed by atoms with Gasteiger partial charge < -0.3 is 0 Å². The largest absolute Gasteiger partial charge is 0.243 e. The summed E-state index contributed by atoms with van der Waals surface area (Å²) in [4.78, 5) is 0.297. The van der Waals surface area contributed by atoms with Crippen molar-refractivity contribution in [2.45, 2.75) is 37.2 Å². The molecule has 23 heavy (non-hydrogen) atoms. The summed E-state index contributed by atoms with van der Waals surface area (Å²) in [6.45, 7) is 2.40. The Morgan fingerprint density at radius 2 is 1.70 bits per heavy atom. The minimum Gasteiger partial charge on any atom is -0.207 e. The van der Waals surface area contributed by atoms with Crippen LogP contribution in [0.25, 0.3) is 0 Å². The molecule has 1 atom stereocenters. The zero-order chi connectivity index (χ0) is 16.4. The van der Waals surface area contributed by atoms with Crippen LogP contribution in [-0.4, -0.2) is 18.8 Å². The number of nitrogens with zero attached hydrogens (tertiary/aromatic N) is 1. The summed E-state index contributed by atoms with van der Waals surface area (Å²) < 4.78 is 27.8. The predicted octanol–water partition coefficient (Wildman–Crippen LogP) is 4.33. The fourth-order valence-electron chi connectivity index (χ4n) is 2.77. The Hall–Kier alpha value is -1.36. The van der Waals surface area contributed by atoms with Crippen molar-refractivity contribution in [1.82, 2.24) is 4.31 Å². The number of benzene rings is 2. The third-order valence-corrected chi connectivity index (χ3v) is 6.56. The van der Waals surface area contributed by atoms with Crippen LogP contribution >= 0.6 is 11.6 Å². The van der Waals surface area contributed by atoms with Crippen LogP contribution in [0, 0.1) is 5.92 Å². The second kappa shape index (κ2) is 6.63. The van der Waals surface area contributed by atoms with Crippen molar-refractivity contribution in [2.24, 2.45) is 5.92 Å².